The molecule has 1 spiro atoms. The largest absolute Gasteiger partial charge is 0.306 e. The van der Waals surface area contributed by atoms with Crippen LogP contribution in [0.2, 0.25) is 0 Å². The van der Waals surface area contributed by atoms with Crippen molar-refractivity contribution in [3.8, 4) is 11.8 Å². The van der Waals surface area contributed by atoms with Crippen LogP contribution in [0.1, 0.15) is 85.1 Å². The van der Waals surface area contributed by atoms with Crippen molar-refractivity contribution in [1.82, 2.24) is 25.2 Å². The minimum absolute atomic E-state index is 0.187. The second-order valence-corrected chi connectivity index (χ2v) is 14.2. The lowest BCUT2D eigenvalue weighted by atomic mass is 9.49. The number of nitrogens with zero attached hydrogens (tertiary/aromatic N) is 3. The molecule has 3 heterocycles. The predicted molar refractivity (Wildman–Crippen MR) is 155 cm³/mol. The van der Waals surface area contributed by atoms with E-state index in [0.717, 1.165) is 24.3 Å². The Labute approximate surface area is 242 Å². The number of imide groups is 1. The molecule has 2 amide bonds. The van der Waals surface area contributed by atoms with Gasteiger partial charge in [-0.05, 0) is 99.5 Å². The van der Waals surface area contributed by atoms with E-state index in [1.54, 1.807) is 30.4 Å². The normalized spacial score (nSPS) is 33.2. The fourth-order valence-electron chi connectivity index (χ4n) is 9.26. The molecule has 6 atom stereocenters. The number of hydrogen-bond donors (Lipinski definition) is 2. The molecule has 0 radical (unpaired) electrons. The average molecular weight is 568 g/mol. The van der Waals surface area contributed by atoms with Crippen molar-refractivity contribution in [1.29, 1.82) is 0 Å². The van der Waals surface area contributed by atoms with E-state index in [-0.39, 0.29) is 24.3 Å². The van der Waals surface area contributed by atoms with E-state index in [1.807, 2.05) is 12.3 Å². The van der Waals surface area contributed by atoms with Crippen LogP contribution in [0.5, 0.6) is 0 Å². The Morgan fingerprint density at radius 1 is 1.15 bits per heavy atom. The number of aryl methyl sites for hydroxylation is 1. The number of fused-ring (bicyclic) bond motifs is 3. The van der Waals surface area contributed by atoms with Gasteiger partial charge in [0.25, 0.3) is 5.56 Å². The SMILES string of the molecule is Cc1nc2cccc(C#Cc3ncc(CNC45CC6CC7CCC7(C4)C(C6)C5)s3)c2c(=O)n1C1CCC(=O)NC1=O. The van der Waals surface area contributed by atoms with E-state index in [0.29, 0.717) is 38.3 Å². The maximum Gasteiger partial charge on any atom is 0.263 e. The Balaban J connectivity index is 1.04. The zero-order chi connectivity index (χ0) is 27.9. The highest BCUT2D eigenvalue weighted by atomic mass is 32.1. The molecule has 1 saturated heterocycles. The zero-order valence-electron chi connectivity index (χ0n) is 23.2. The molecular weight excluding hydrogens is 534 g/mol. The highest BCUT2D eigenvalue weighted by molar-refractivity contribution is 7.12. The summed E-state index contributed by atoms with van der Waals surface area (Å²) in [5.74, 6) is 8.81. The van der Waals surface area contributed by atoms with Crippen molar-refractivity contribution in [2.24, 2.45) is 23.2 Å². The second kappa shape index (κ2) is 9.07. The quantitative estimate of drug-likeness (QED) is 0.365. The van der Waals surface area contributed by atoms with Crippen LogP contribution in [0, 0.1) is 41.9 Å². The molecule has 1 aliphatic heterocycles. The Morgan fingerprint density at radius 2 is 2.02 bits per heavy atom. The van der Waals surface area contributed by atoms with E-state index in [9.17, 15) is 14.4 Å². The molecule has 210 valence electrons. The number of amides is 2. The molecule has 5 fully saturated rings. The van der Waals surface area contributed by atoms with Crippen LogP contribution in [0.3, 0.4) is 0 Å². The topological polar surface area (TPSA) is 106 Å². The van der Waals surface area contributed by atoms with Gasteiger partial charge < -0.3 is 5.32 Å². The third-order valence-electron chi connectivity index (χ3n) is 10.9. The molecule has 1 aromatic carbocycles. The van der Waals surface area contributed by atoms with Gasteiger partial charge in [0, 0.05) is 35.1 Å². The van der Waals surface area contributed by atoms with Crippen LogP contribution >= 0.6 is 11.3 Å². The van der Waals surface area contributed by atoms with Crippen LogP contribution in [-0.2, 0) is 16.1 Å². The predicted octanol–water partition coefficient (Wildman–Crippen LogP) is 3.99. The fourth-order valence-corrected chi connectivity index (χ4v) is 9.97. The Kier molecular flexibility index (Phi) is 5.61. The Bertz CT molecular complexity index is 1740. The first-order valence-corrected chi connectivity index (χ1v) is 15.7. The van der Waals surface area contributed by atoms with Gasteiger partial charge in [-0.3, -0.25) is 24.3 Å². The summed E-state index contributed by atoms with van der Waals surface area (Å²) >= 11 is 1.60. The third-order valence-corrected chi connectivity index (χ3v) is 11.8. The number of carbonyl (C=O) groups is 2. The van der Waals surface area contributed by atoms with Crippen LogP contribution in [0.4, 0.5) is 0 Å². The maximum atomic E-state index is 13.7. The van der Waals surface area contributed by atoms with Crippen molar-refractivity contribution in [2.45, 2.75) is 82.8 Å². The van der Waals surface area contributed by atoms with Crippen molar-refractivity contribution >= 4 is 34.1 Å². The van der Waals surface area contributed by atoms with Gasteiger partial charge >= 0.3 is 0 Å². The number of carbonyl (C=O) groups excluding carboxylic acids is 2. The number of nitrogens with one attached hydrogen (secondary N) is 2. The van der Waals surface area contributed by atoms with Gasteiger partial charge in [0.2, 0.25) is 11.8 Å². The van der Waals surface area contributed by atoms with Crippen molar-refractivity contribution in [2.75, 3.05) is 0 Å². The van der Waals surface area contributed by atoms with Crippen LogP contribution in [0.15, 0.2) is 29.2 Å². The molecule has 8 nitrogen and oxygen atoms in total. The molecule has 5 aliphatic rings. The van der Waals surface area contributed by atoms with E-state index < -0.39 is 11.9 Å². The number of rotatable bonds is 4. The molecule has 3 bridgehead atoms. The van der Waals surface area contributed by atoms with Gasteiger partial charge in [0.05, 0.1) is 10.9 Å². The first-order chi connectivity index (χ1) is 19.8. The zero-order valence-corrected chi connectivity index (χ0v) is 24.0. The van der Waals surface area contributed by atoms with Crippen molar-refractivity contribution in [3.63, 3.8) is 0 Å². The smallest absolute Gasteiger partial charge is 0.263 e. The van der Waals surface area contributed by atoms with E-state index in [1.165, 1.54) is 54.4 Å². The summed E-state index contributed by atoms with van der Waals surface area (Å²) in [5, 5.41) is 7.44. The van der Waals surface area contributed by atoms with Gasteiger partial charge in [-0.25, -0.2) is 9.97 Å². The van der Waals surface area contributed by atoms with Gasteiger partial charge in [0.1, 0.15) is 11.9 Å². The standard InChI is InChI=1S/C32H33N5O3S/c1-18-35-24-4-2-3-20(28(24)30(40)37(18)25-6-7-26(38)36-29(25)39)5-8-27-33-15-23(41-27)16-34-31-13-19-11-21-9-10-32(21,17-31)22(12-19)14-31/h2-4,15,19,21-22,25,34H,6-7,9-14,16-17H2,1H3,(H,36,38,39). The summed E-state index contributed by atoms with van der Waals surface area (Å²) in [7, 11) is 0. The van der Waals surface area contributed by atoms with E-state index >= 15 is 0 Å². The van der Waals surface area contributed by atoms with Crippen molar-refractivity contribution in [3.05, 3.63) is 56.0 Å². The summed E-state index contributed by atoms with van der Waals surface area (Å²) in [5.41, 5.74) is 1.72. The second-order valence-electron chi connectivity index (χ2n) is 13.1. The highest BCUT2D eigenvalue weighted by Crippen LogP contribution is 2.72. The van der Waals surface area contributed by atoms with E-state index in [2.05, 4.69) is 32.4 Å². The molecule has 3 aromatic rings. The number of hydrogen-bond acceptors (Lipinski definition) is 7. The van der Waals surface area contributed by atoms with E-state index in [4.69, 9.17) is 0 Å². The molecule has 6 unspecified atom stereocenters. The minimum atomic E-state index is -0.768. The average Bonchev–Trinajstić information content (AvgIpc) is 3.48. The minimum Gasteiger partial charge on any atom is -0.306 e. The third kappa shape index (κ3) is 3.94. The number of benzene rings is 1. The van der Waals surface area contributed by atoms with Gasteiger partial charge in [-0.15, -0.1) is 11.3 Å². The fraction of sp³-hybridized carbons (Fsp3) is 0.531. The summed E-state index contributed by atoms with van der Waals surface area (Å²) in [6, 6.07) is 4.66. The summed E-state index contributed by atoms with van der Waals surface area (Å²) in [4.78, 5) is 48.3. The first kappa shape index (κ1) is 25.4. The van der Waals surface area contributed by atoms with Gasteiger partial charge in [0.15, 0.2) is 5.01 Å². The Hall–Kier alpha value is -3.35. The molecule has 4 saturated carbocycles. The summed E-state index contributed by atoms with van der Waals surface area (Å²) < 4.78 is 1.40. The lowest BCUT2D eigenvalue weighted by Gasteiger charge is -2.56. The lowest BCUT2D eigenvalue weighted by Crippen LogP contribution is -2.48. The molecule has 2 N–H and O–H groups in total. The molecule has 2 aromatic heterocycles. The molecule has 9 heteroatoms. The maximum absolute atomic E-state index is 13.7. The molecule has 8 rings (SSSR count). The Morgan fingerprint density at radius 3 is 2.85 bits per heavy atom. The first-order valence-electron chi connectivity index (χ1n) is 14.9. The number of piperidine rings is 1. The van der Waals surface area contributed by atoms with Gasteiger partial charge in [-0.2, -0.15) is 0 Å². The molecule has 4 aliphatic carbocycles. The monoisotopic (exact) mass is 567 g/mol. The molecular formula is C32H33N5O3S. The summed E-state index contributed by atoms with van der Waals surface area (Å²) in [6.07, 6.45) is 12.2. The van der Waals surface area contributed by atoms with Crippen LogP contribution in [0.25, 0.3) is 10.9 Å². The van der Waals surface area contributed by atoms with Gasteiger partial charge in [-0.1, -0.05) is 12.0 Å². The van der Waals surface area contributed by atoms with Crippen LogP contribution in [-0.4, -0.2) is 31.9 Å². The highest BCUT2D eigenvalue weighted by Gasteiger charge is 2.66. The molecule has 41 heavy (non-hydrogen) atoms. The number of thiazole rings is 1. The number of aromatic nitrogens is 3. The van der Waals surface area contributed by atoms with Crippen LogP contribution < -0.4 is 16.2 Å². The lowest BCUT2D eigenvalue weighted by molar-refractivity contribution is -0.135. The van der Waals surface area contributed by atoms with Crippen molar-refractivity contribution < 1.29 is 9.59 Å². The summed E-state index contributed by atoms with van der Waals surface area (Å²) in [6.45, 7) is 2.54.